The molecule has 0 aromatic heterocycles. The van der Waals surface area contributed by atoms with Gasteiger partial charge in [-0.3, -0.25) is 14.5 Å². The van der Waals surface area contributed by atoms with Gasteiger partial charge in [0.1, 0.15) is 0 Å². The number of nitrogens with zero attached hydrogens (tertiary/aromatic N) is 1. The third kappa shape index (κ3) is 37.8. The van der Waals surface area contributed by atoms with Crippen LogP contribution in [0.25, 0.3) is 0 Å². The number of morpholine rings is 1. The standard InChI is InChI=1S/C38H75NO3.C14H28O2.CH2O2/c1-4-7-10-11-15-18-23-28-38(41-35-37(42-38)34-39-30-32-40-33-31-39)29-24-19-16-13-12-14-17-22-27-36(25-20-8-5-2)26-21-9-6-3;1-3-5-7-9-14(10-8-6-4-2)11-12-16-13-15;2-1-3/h36-37H,4-35H2,1-3H3;13-14H,3-12H2,1-2H3;1H,(H,2,3). The zero-order valence-electron chi connectivity index (χ0n) is 41.4. The van der Waals surface area contributed by atoms with E-state index in [0.717, 1.165) is 70.6 Å². The van der Waals surface area contributed by atoms with Gasteiger partial charge in [-0.05, 0) is 31.1 Å². The van der Waals surface area contributed by atoms with Crippen LogP contribution in [0.3, 0.4) is 0 Å². The zero-order valence-corrected chi connectivity index (χ0v) is 41.4. The van der Waals surface area contributed by atoms with E-state index in [1.165, 1.54) is 205 Å². The Bertz CT molecular complexity index is 867. The van der Waals surface area contributed by atoms with Gasteiger partial charge in [0.15, 0.2) is 5.79 Å². The van der Waals surface area contributed by atoms with Gasteiger partial charge < -0.3 is 24.1 Å². The highest BCUT2D eigenvalue weighted by Crippen LogP contribution is 2.35. The Morgan fingerprint density at radius 3 is 1.34 bits per heavy atom. The summed E-state index contributed by atoms with van der Waals surface area (Å²) < 4.78 is 23.6. The summed E-state index contributed by atoms with van der Waals surface area (Å²) in [6.45, 7) is 17.9. The smallest absolute Gasteiger partial charge is 0.293 e. The predicted molar refractivity (Wildman–Crippen MR) is 258 cm³/mol. The molecule has 2 fully saturated rings. The lowest BCUT2D eigenvalue weighted by molar-refractivity contribution is -0.181. The molecule has 8 nitrogen and oxygen atoms in total. The first-order chi connectivity index (χ1) is 30.0. The summed E-state index contributed by atoms with van der Waals surface area (Å²) in [6, 6.07) is 0. The Hall–Kier alpha value is -1.22. The Labute approximate surface area is 379 Å². The Kier molecular flexibility index (Phi) is 45.8. The second-order valence-corrected chi connectivity index (χ2v) is 18.7. The Morgan fingerprint density at radius 1 is 0.557 bits per heavy atom. The largest absolute Gasteiger partial charge is 0.483 e. The highest BCUT2D eigenvalue weighted by atomic mass is 16.7. The molecule has 0 amide bonds. The maximum atomic E-state index is 10.1. The molecule has 0 spiro atoms. The van der Waals surface area contributed by atoms with Gasteiger partial charge >= 0.3 is 0 Å². The maximum absolute atomic E-state index is 10.1. The Morgan fingerprint density at radius 2 is 0.918 bits per heavy atom. The summed E-state index contributed by atoms with van der Waals surface area (Å²) in [5, 5.41) is 6.89. The molecule has 2 unspecified atom stereocenters. The topological polar surface area (TPSA) is 94.5 Å². The molecule has 8 heteroatoms. The van der Waals surface area contributed by atoms with Crippen LogP contribution in [0, 0.1) is 11.8 Å². The normalized spacial score (nSPS) is 17.9. The second-order valence-electron chi connectivity index (χ2n) is 18.7. The lowest BCUT2D eigenvalue weighted by Crippen LogP contribution is -2.42. The molecular weight excluding hydrogens is 763 g/mol. The number of carbonyl (C=O) groups is 2. The van der Waals surface area contributed by atoms with Gasteiger partial charge in [-0.15, -0.1) is 0 Å². The summed E-state index contributed by atoms with van der Waals surface area (Å²) in [4.78, 5) is 20.9. The fraction of sp³-hybridized carbons (Fsp3) is 0.962. The third-order valence-electron chi connectivity index (χ3n) is 13.1. The predicted octanol–water partition coefficient (Wildman–Crippen LogP) is 15.3. The number of hydrogen-bond acceptors (Lipinski definition) is 7. The fourth-order valence-electron chi connectivity index (χ4n) is 9.29. The van der Waals surface area contributed by atoms with Crippen LogP contribution in [-0.4, -0.2) is 80.9 Å². The van der Waals surface area contributed by atoms with E-state index >= 15 is 0 Å². The monoisotopic (exact) mass is 868 g/mol. The van der Waals surface area contributed by atoms with Gasteiger partial charge in [-0.1, -0.05) is 227 Å². The van der Waals surface area contributed by atoms with Gasteiger partial charge in [-0.2, -0.15) is 0 Å². The minimum atomic E-state index is -0.314. The summed E-state index contributed by atoms with van der Waals surface area (Å²) >= 11 is 0. The van der Waals surface area contributed by atoms with E-state index in [1.54, 1.807) is 0 Å². The summed E-state index contributed by atoms with van der Waals surface area (Å²) in [7, 11) is 0. The van der Waals surface area contributed by atoms with Crippen molar-refractivity contribution in [2.24, 2.45) is 11.8 Å². The van der Waals surface area contributed by atoms with Crippen LogP contribution in [0.4, 0.5) is 0 Å². The molecule has 2 aliphatic heterocycles. The molecule has 0 radical (unpaired) electrons. The summed E-state index contributed by atoms with van der Waals surface area (Å²) in [5.74, 6) is 1.45. The lowest BCUT2D eigenvalue weighted by atomic mass is 9.90. The van der Waals surface area contributed by atoms with Crippen molar-refractivity contribution in [2.45, 2.75) is 271 Å². The quantitative estimate of drug-likeness (QED) is 0.0480. The van der Waals surface area contributed by atoms with Crippen molar-refractivity contribution < 1.29 is 33.6 Å². The molecule has 0 aromatic carbocycles. The van der Waals surface area contributed by atoms with Gasteiger partial charge in [0.25, 0.3) is 12.9 Å². The van der Waals surface area contributed by atoms with Gasteiger partial charge in [0, 0.05) is 32.5 Å². The van der Waals surface area contributed by atoms with E-state index in [1.807, 2.05) is 0 Å². The van der Waals surface area contributed by atoms with E-state index in [9.17, 15) is 4.79 Å². The molecule has 2 heterocycles. The molecule has 2 rings (SSSR count). The molecule has 0 bridgehead atoms. The van der Waals surface area contributed by atoms with Crippen LogP contribution in [0.2, 0.25) is 0 Å². The zero-order chi connectivity index (χ0) is 44.8. The van der Waals surface area contributed by atoms with Crippen molar-refractivity contribution in [2.75, 3.05) is 46.1 Å². The van der Waals surface area contributed by atoms with E-state index < -0.39 is 0 Å². The first-order valence-electron chi connectivity index (χ1n) is 26.7. The van der Waals surface area contributed by atoms with Crippen LogP contribution in [0.5, 0.6) is 0 Å². The van der Waals surface area contributed by atoms with Crippen molar-refractivity contribution in [1.82, 2.24) is 4.90 Å². The minimum Gasteiger partial charge on any atom is -0.483 e. The highest BCUT2D eigenvalue weighted by molar-refractivity contribution is 5.36. The van der Waals surface area contributed by atoms with Crippen molar-refractivity contribution in [1.29, 1.82) is 0 Å². The molecule has 2 saturated heterocycles. The molecule has 1 N–H and O–H groups in total. The molecule has 364 valence electrons. The fourth-order valence-corrected chi connectivity index (χ4v) is 9.29. The molecular formula is C53H105NO7. The number of carbonyl (C=O) groups excluding carboxylic acids is 1. The average Bonchev–Trinajstić information content (AvgIpc) is 3.66. The van der Waals surface area contributed by atoms with E-state index in [4.69, 9.17) is 28.8 Å². The van der Waals surface area contributed by atoms with Crippen molar-refractivity contribution >= 4 is 12.9 Å². The van der Waals surface area contributed by atoms with Crippen LogP contribution in [0.1, 0.15) is 259 Å². The van der Waals surface area contributed by atoms with Crippen LogP contribution >= 0.6 is 0 Å². The summed E-state index contributed by atoms with van der Waals surface area (Å²) in [6.07, 6.45) is 47.5. The van der Waals surface area contributed by atoms with E-state index in [-0.39, 0.29) is 18.4 Å². The molecule has 0 aliphatic carbocycles. The SMILES string of the molecule is CCCCCC(CCCCC)CCOC=O.CCCCCCCCCC1(CCCCCCCCCCC(CCCCC)CCCCC)OCC(CN2CCOCC2)O1.O=CO. The highest BCUT2D eigenvalue weighted by Gasteiger charge is 2.41. The van der Waals surface area contributed by atoms with Crippen molar-refractivity contribution in [3.8, 4) is 0 Å². The molecule has 61 heavy (non-hydrogen) atoms. The molecule has 2 aliphatic rings. The average molecular weight is 868 g/mol. The lowest BCUT2D eigenvalue weighted by Gasteiger charge is -2.31. The van der Waals surface area contributed by atoms with Gasteiger partial charge in [0.2, 0.25) is 0 Å². The van der Waals surface area contributed by atoms with Crippen LogP contribution < -0.4 is 0 Å². The van der Waals surface area contributed by atoms with Gasteiger partial charge in [0.05, 0.1) is 32.5 Å². The van der Waals surface area contributed by atoms with Crippen LogP contribution in [0.15, 0.2) is 0 Å². The Balaban J connectivity index is 0.00000158. The summed E-state index contributed by atoms with van der Waals surface area (Å²) in [5.41, 5.74) is 0. The van der Waals surface area contributed by atoms with Gasteiger partial charge in [-0.25, -0.2) is 0 Å². The van der Waals surface area contributed by atoms with Crippen LogP contribution in [-0.2, 0) is 28.5 Å². The number of ether oxygens (including phenoxy) is 4. The third-order valence-corrected chi connectivity index (χ3v) is 13.1. The first-order valence-corrected chi connectivity index (χ1v) is 26.7. The first kappa shape index (κ1) is 59.8. The van der Waals surface area contributed by atoms with Crippen molar-refractivity contribution in [3.63, 3.8) is 0 Å². The van der Waals surface area contributed by atoms with Crippen molar-refractivity contribution in [3.05, 3.63) is 0 Å². The molecule has 2 atom stereocenters. The number of hydrogen-bond donors (Lipinski definition) is 1. The number of carboxylic acid groups (broad SMARTS) is 1. The maximum Gasteiger partial charge on any atom is 0.293 e. The second kappa shape index (κ2) is 46.8. The minimum absolute atomic E-state index is 0.227. The molecule has 0 saturated carbocycles. The number of unbranched alkanes of at least 4 members (excludes halogenated alkanes) is 21. The number of rotatable bonds is 41. The van der Waals surface area contributed by atoms with E-state index in [0.29, 0.717) is 13.1 Å². The van der Waals surface area contributed by atoms with E-state index in [2.05, 4.69) is 39.5 Å². The molecule has 0 aromatic rings.